The number of hydrogen-bond acceptors (Lipinski definition) is 5. The van der Waals surface area contributed by atoms with E-state index >= 15 is 0 Å². The van der Waals surface area contributed by atoms with E-state index < -0.39 is 11.5 Å². The predicted molar refractivity (Wildman–Crippen MR) is 102 cm³/mol. The number of ketones is 1. The van der Waals surface area contributed by atoms with Gasteiger partial charge in [-0.25, -0.2) is 0 Å². The number of fused-ring (bicyclic) bond motifs is 2. The van der Waals surface area contributed by atoms with Crippen molar-refractivity contribution in [1.29, 1.82) is 0 Å². The van der Waals surface area contributed by atoms with Gasteiger partial charge in [0.05, 0.1) is 12.1 Å². The SMILES string of the molecule is C=CCN1C(=O)[C@@](O)(CC(=O)c2ccc3c(c2)OCO3)c2cc(Br)ccc21. The van der Waals surface area contributed by atoms with Gasteiger partial charge in [-0.05, 0) is 36.4 Å². The largest absolute Gasteiger partial charge is 0.454 e. The number of nitrogens with zero attached hydrogens (tertiary/aromatic N) is 1. The van der Waals surface area contributed by atoms with Crippen molar-refractivity contribution in [2.45, 2.75) is 12.0 Å². The second-order valence-corrected chi connectivity index (χ2v) is 7.31. The number of hydrogen-bond donors (Lipinski definition) is 1. The molecule has 1 N–H and O–H groups in total. The maximum absolute atomic E-state index is 13.0. The van der Waals surface area contributed by atoms with Crippen molar-refractivity contribution in [3.05, 3.63) is 64.7 Å². The molecule has 0 aromatic heterocycles. The van der Waals surface area contributed by atoms with Gasteiger partial charge in [-0.3, -0.25) is 9.59 Å². The van der Waals surface area contributed by atoms with Gasteiger partial charge in [0, 0.05) is 22.1 Å². The van der Waals surface area contributed by atoms with Crippen LogP contribution in [0.5, 0.6) is 11.5 Å². The molecule has 0 fully saturated rings. The molecule has 2 aromatic rings. The zero-order chi connectivity index (χ0) is 19.2. The highest BCUT2D eigenvalue weighted by Gasteiger charge is 2.50. The first-order chi connectivity index (χ1) is 12.9. The fourth-order valence-corrected chi connectivity index (χ4v) is 3.77. The molecule has 1 atom stereocenters. The van der Waals surface area contributed by atoms with Gasteiger partial charge >= 0.3 is 0 Å². The van der Waals surface area contributed by atoms with E-state index in [1.165, 1.54) is 4.90 Å². The number of ether oxygens (including phenoxy) is 2. The summed E-state index contributed by atoms with van der Waals surface area (Å²) in [7, 11) is 0. The van der Waals surface area contributed by atoms with Gasteiger partial charge in [0.25, 0.3) is 5.91 Å². The fourth-order valence-electron chi connectivity index (χ4n) is 3.41. The molecule has 0 radical (unpaired) electrons. The predicted octanol–water partition coefficient (Wildman–Crippen LogP) is 3.17. The van der Waals surface area contributed by atoms with Crippen molar-refractivity contribution in [2.24, 2.45) is 0 Å². The van der Waals surface area contributed by atoms with Crippen LogP contribution in [0.4, 0.5) is 5.69 Å². The van der Waals surface area contributed by atoms with Crippen LogP contribution in [0, 0.1) is 0 Å². The van der Waals surface area contributed by atoms with Crippen LogP contribution in [0.3, 0.4) is 0 Å². The normalized spacial score (nSPS) is 19.9. The lowest BCUT2D eigenvalue weighted by Crippen LogP contribution is -2.41. The standard InChI is InChI=1S/C20H16BrNO5/c1-2-7-22-15-5-4-13(21)9-14(15)20(25,19(22)24)10-16(23)12-3-6-17-18(8-12)27-11-26-17/h2-6,8-9,25H,1,7,10-11H2/t20-/m1/s1. The van der Waals surface area contributed by atoms with Crippen molar-refractivity contribution < 1.29 is 24.2 Å². The number of Topliss-reactive ketones (excluding diaryl/α,β-unsaturated/α-hetero) is 1. The Morgan fingerprint density at radius 3 is 2.81 bits per heavy atom. The number of amides is 1. The lowest BCUT2D eigenvalue weighted by atomic mass is 9.88. The van der Waals surface area contributed by atoms with E-state index in [2.05, 4.69) is 22.5 Å². The number of benzene rings is 2. The Kier molecular flexibility index (Phi) is 4.28. The quantitative estimate of drug-likeness (QED) is 0.583. The molecule has 1 amide bonds. The Hall–Kier alpha value is -2.64. The monoisotopic (exact) mass is 429 g/mol. The highest BCUT2D eigenvalue weighted by atomic mass is 79.9. The van der Waals surface area contributed by atoms with Crippen LogP contribution in [-0.4, -0.2) is 30.1 Å². The summed E-state index contributed by atoms with van der Waals surface area (Å²) in [6.45, 7) is 4.01. The van der Waals surface area contributed by atoms with E-state index in [-0.39, 0.29) is 25.5 Å². The van der Waals surface area contributed by atoms with Gasteiger partial charge < -0.3 is 19.5 Å². The van der Waals surface area contributed by atoms with Crippen LogP contribution < -0.4 is 14.4 Å². The first kappa shape index (κ1) is 17.8. The second-order valence-electron chi connectivity index (χ2n) is 6.39. The molecule has 7 heteroatoms. The van der Waals surface area contributed by atoms with Gasteiger partial charge in [0.2, 0.25) is 6.79 Å². The maximum Gasteiger partial charge on any atom is 0.264 e. The second kappa shape index (κ2) is 6.51. The Balaban J connectivity index is 1.70. The van der Waals surface area contributed by atoms with E-state index in [0.717, 1.165) is 0 Å². The molecule has 0 aliphatic carbocycles. The molecule has 2 aliphatic heterocycles. The molecule has 27 heavy (non-hydrogen) atoms. The average Bonchev–Trinajstić information content (AvgIpc) is 3.19. The van der Waals surface area contributed by atoms with Crippen LogP contribution in [-0.2, 0) is 10.4 Å². The minimum atomic E-state index is -1.93. The first-order valence-electron chi connectivity index (χ1n) is 8.32. The Morgan fingerprint density at radius 1 is 1.26 bits per heavy atom. The molecule has 0 saturated carbocycles. The van der Waals surface area contributed by atoms with Gasteiger partial charge in [-0.1, -0.05) is 22.0 Å². The summed E-state index contributed by atoms with van der Waals surface area (Å²) < 4.78 is 11.3. The number of halogens is 1. The Morgan fingerprint density at radius 2 is 2.04 bits per heavy atom. The summed E-state index contributed by atoms with van der Waals surface area (Å²) in [5.74, 6) is 0.135. The smallest absolute Gasteiger partial charge is 0.264 e. The topological polar surface area (TPSA) is 76.1 Å². The molecular weight excluding hydrogens is 414 g/mol. The molecular formula is C20H16BrNO5. The molecule has 2 aromatic carbocycles. The summed E-state index contributed by atoms with van der Waals surface area (Å²) in [5.41, 5.74) is -0.614. The number of carbonyl (C=O) groups excluding carboxylic acids is 2. The van der Waals surface area contributed by atoms with E-state index in [1.54, 1.807) is 42.5 Å². The number of anilines is 1. The van der Waals surface area contributed by atoms with Crippen LogP contribution in [0.15, 0.2) is 53.5 Å². The van der Waals surface area contributed by atoms with Crippen molar-refractivity contribution in [3.63, 3.8) is 0 Å². The average molecular weight is 430 g/mol. The molecule has 6 nitrogen and oxygen atoms in total. The zero-order valence-electron chi connectivity index (χ0n) is 14.3. The summed E-state index contributed by atoms with van der Waals surface area (Å²) in [5, 5.41) is 11.2. The Labute approximate surface area is 164 Å². The summed E-state index contributed by atoms with van der Waals surface area (Å²) in [6, 6.07) is 10.0. The third-order valence-electron chi connectivity index (χ3n) is 4.72. The van der Waals surface area contributed by atoms with Crippen LogP contribution in [0.25, 0.3) is 0 Å². The van der Waals surface area contributed by atoms with E-state index in [4.69, 9.17) is 9.47 Å². The number of aliphatic hydroxyl groups is 1. The Bertz CT molecular complexity index is 973. The maximum atomic E-state index is 13.0. The zero-order valence-corrected chi connectivity index (χ0v) is 15.9. The first-order valence-corrected chi connectivity index (χ1v) is 9.11. The molecule has 0 unspecified atom stereocenters. The third-order valence-corrected chi connectivity index (χ3v) is 5.21. The number of rotatable bonds is 5. The summed E-state index contributed by atoms with van der Waals surface area (Å²) in [4.78, 5) is 27.2. The molecule has 138 valence electrons. The molecule has 4 rings (SSSR count). The molecule has 2 heterocycles. The summed E-state index contributed by atoms with van der Waals surface area (Å²) >= 11 is 3.36. The molecule has 0 bridgehead atoms. The summed E-state index contributed by atoms with van der Waals surface area (Å²) in [6.07, 6.45) is 1.21. The number of carbonyl (C=O) groups is 2. The third kappa shape index (κ3) is 2.83. The molecule has 2 aliphatic rings. The van der Waals surface area contributed by atoms with Crippen molar-refractivity contribution >= 4 is 33.3 Å². The van der Waals surface area contributed by atoms with Gasteiger partial charge in [-0.15, -0.1) is 6.58 Å². The van der Waals surface area contributed by atoms with E-state index in [9.17, 15) is 14.7 Å². The van der Waals surface area contributed by atoms with Crippen molar-refractivity contribution in [2.75, 3.05) is 18.2 Å². The minimum absolute atomic E-state index is 0.104. The lowest BCUT2D eigenvalue weighted by molar-refractivity contribution is -0.135. The fraction of sp³-hybridized carbons (Fsp3) is 0.200. The minimum Gasteiger partial charge on any atom is -0.454 e. The lowest BCUT2D eigenvalue weighted by Gasteiger charge is -2.22. The van der Waals surface area contributed by atoms with Crippen molar-refractivity contribution in [3.8, 4) is 11.5 Å². The highest BCUT2D eigenvalue weighted by molar-refractivity contribution is 9.10. The van der Waals surface area contributed by atoms with Crippen LogP contribution >= 0.6 is 15.9 Å². The van der Waals surface area contributed by atoms with E-state index in [1.807, 2.05) is 0 Å². The van der Waals surface area contributed by atoms with Gasteiger partial charge in [0.1, 0.15) is 0 Å². The van der Waals surface area contributed by atoms with Crippen LogP contribution in [0.1, 0.15) is 22.3 Å². The molecule has 0 spiro atoms. The van der Waals surface area contributed by atoms with Crippen LogP contribution in [0.2, 0.25) is 0 Å². The van der Waals surface area contributed by atoms with Gasteiger partial charge in [-0.2, -0.15) is 0 Å². The molecule has 0 saturated heterocycles. The van der Waals surface area contributed by atoms with E-state index in [0.29, 0.717) is 32.8 Å². The van der Waals surface area contributed by atoms with Crippen molar-refractivity contribution in [1.82, 2.24) is 0 Å². The van der Waals surface area contributed by atoms with Gasteiger partial charge in [0.15, 0.2) is 22.9 Å². The highest BCUT2D eigenvalue weighted by Crippen LogP contribution is 2.44.